The van der Waals surface area contributed by atoms with Crippen molar-refractivity contribution >= 4 is 23.3 Å². The molecular weight excluding hydrogens is 422 g/mol. The predicted octanol–water partition coefficient (Wildman–Crippen LogP) is 1.98. The highest BCUT2D eigenvalue weighted by molar-refractivity contribution is 6.23. The van der Waals surface area contributed by atoms with E-state index >= 15 is 0 Å². The quantitative estimate of drug-likeness (QED) is 0.655. The number of para-hydroxylation sites is 2. The van der Waals surface area contributed by atoms with Crippen LogP contribution in [0.25, 0.3) is 0 Å². The highest BCUT2D eigenvalue weighted by Crippen LogP contribution is 2.41. The van der Waals surface area contributed by atoms with E-state index in [-0.39, 0.29) is 24.3 Å². The number of nitrogens with zero attached hydrogens (tertiary/aromatic N) is 5. The van der Waals surface area contributed by atoms with Crippen molar-refractivity contribution < 1.29 is 19.1 Å². The Bertz CT molecular complexity index is 1090. The predicted molar refractivity (Wildman–Crippen MR) is 124 cm³/mol. The van der Waals surface area contributed by atoms with Crippen molar-refractivity contribution in [3.63, 3.8) is 0 Å². The van der Waals surface area contributed by atoms with Crippen molar-refractivity contribution in [3.05, 3.63) is 30.0 Å². The van der Waals surface area contributed by atoms with Gasteiger partial charge in [0, 0.05) is 46.2 Å². The third kappa shape index (κ3) is 3.84. The maximum Gasteiger partial charge on any atom is 0.240 e. The molecule has 9 heteroatoms. The molecule has 2 aromatic rings. The van der Waals surface area contributed by atoms with Gasteiger partial charge in [0.25, 0.3) is 0 Å². The molecule has 2 saturated heterocycles. The molecule has 3 aliphatic rings. The highest BCUT2D eigenvalue weighted by atomic mass is 16.6. The number of carbonyl (C=O) groups is 2. The number of ether oxygens (including phenoxy) is 2. The van der Waals surface area contributed by atoms with Crippen LogP contribution in [-0.2, 0) is 16.6 Å². The van der Waals surface area contributed by atoms with Crippen LogP contribution in [0.3, 0.4) is 0 Å². The lowest BCUT2D eigenvalue weighted by atomic mass is 9.92. The minimum atomic E-state index is -0.685. The highest BCUT2D eigenvalue weighted by Gasteiger charge is 2.48. The molecule has 3 aliphatic heterocycles. The number of hydrogen-bond donors (Lipinski definition) is 0. The van der Waals surface area contributed by atoms with Crippen LogP contribution >= 0.6 is 0 Å². The molecule has 0 bridgehead atoms. The smallest absolute Gasteiger partial charge is 0.240 e. The maximum absolute atomic E-state index is 13.0. The van der Waals surface area contributed by atoms with Crippen LogP contribution in [0.4, 0.5) is 11.5 Å². The number of imide groups is 1. The third-order valence-corrected chi connectivity index (χ3v) is 6.83. The lowest BCUT2D eigenvalue weighted by molar-refractivity contribution is -0.124. The van der Waals surface area contributed by atoms with Gasteiger partial charge in [-0.05, 0) is 19.1 Å². The zero-order valence-corrected chi connectivity index (χ0v) is 19.7. The molecule has 2 amide bonds. The van der Waals surface area contributed by atoms with Gasteiger partial charge < -0.3 is 14.4 Å². The Labute approximate surface area is 193 Å². The van der Waals surface area contributed by atoms with E-state index in [1.54, 1.807) is 4.68 Å². The van der Waals surface area contributed by atoms with Crippen LogP contribution in [0.15, 0.2) is 24.3 Å². The molecule has 1 aromatic carbocycles. The number of aromatic nitrogens is 2. The summed E-state index contributed by atoms with van der Waals surface area (Å²) in [7, 11) is 1.85. The summed E-state index contributed by atoms with van der Waals surface area (Å²) in [6.07, 6.45) is 0.209. The van der Waals surface area contributed by atoms with E-state index in [4.69, 9.17) is 14.6 Å². The summed E-state index contributed by atoms with van der Waals surface area (Å²) < 4.78 is 13.7. The first-order valence-corrected chi connectivity index (χ1v) is 11.5. The van der Waals surface area contributed by atoms with Gasteiger partial charge in [0.05, 0.1) is 11.1 Å². The Kier molecular flexibility index (Phi) is 5.31. The second kappa shape index (κ2) is 8.06. The maximum atomic E-state index is 13.0. The van der Waals surface area contributed by atoms with E-state index in [0.717, 1.165) is 49.9 Å². The molecule has 0 saturated carbocycles. The molecule has 1 unspecified atom stereocenters. The Morgan fingerprint density at radius 2 is 1.79 bits per heavy atom. The van der Waals surface area contributed by atoms with E-state index < -0.39 is 5.41 Å². The molecule has 0 spiro atoms. The minimum Gasteiger partial charge on any atom is -0.486 e. The first-order chi connectivity index (χ1) is 15.7. The lowest BCUT2D eigenvalue weighted by Gasteiger charge is -2.38. The summed E-state index contributed by atoms with van der Waals surface area (Å²) in [5.74, 6) is 1.99. The van der Waals surface area contributed by atoms with Crippen LogP contribution in [0.2, 0.25) is 0 Å². The standard InChI is InChI=1S/C24H31N5O4/c1-16-21(29-20(30)13-24(2,3)23(29)31)22(25-26(16)4)28-11-9-27(10-12-28)14-17-15-32-18-7-5-6-8-19(18)33-17/h5-8,17H,9-15H2,1-4H3. The number of amides is 2. The summed E-state index contributed by atoms with van der Waals surface area (Å²) in [6.45, 7) is 10.1. The van der Waals surface area contributed by atoms with Crippen LogP contribution in [-0.4, -0.2) is 71.9 Å². The van der Waals surface area contributed by atoms with Crippen molar-refractivity contribution in [2.24, 2.45) is 12.5 Å². The van der Waals surface area contributed by atoms with Gasteiger partial charge in [0.2, 0.25) is 11.8 Å². The van der Waals surface area contributed by atoms with E-state index in [9.17, 15) is 9.59 Å². The topological polar surface area (TPSA) is 80.1 Å². The molecule has 0 aliphatic carbocycles. The van der Waals surface area contributed by atoms with Gasteiger partial charge in [-0.1, -0.05) is 26.0 Å². The molecule has 176 valence electrons. The number of carbonyl (C=O) groups excluding carboxylic acids is 2. The number of piperazine rings is 1. The van der Waals surface area contributed by atoms with Gasteiger partial charge in [-0.15, -0.1) is 0 Å². The van der Waals surface area contributed by atoms with E-state index in [2.05, 4.69) is 9.80 Å². The van der Waals surface area contributed by atoms with E-state index in [0.29, 0.717) is 18.1 Å². The first-order valence-electron chi connectivity index (χ1n) is 11.5. The fourth-order valence-corrected chi connectivity index (χ4v) is 4.81. The van der Waals surface area contributed by atoms with Crippen LogP contribution in [0.5, 0.6) is 11.5 Å². The Hall–Kier alpha value is -3.07. The summed E-state index contributed by atoms with van der Waals surface area (Å²) in [5.41, 5.74) is 0.765. The van der Waals surface area contributed by atoms with Gasteiger partial charge in [-0.25, -0.2) is 4.90 Å². The van der Waals surface area contributed by atoms with Crippen molar-refractivity contribution in [1.29, 1.82) is 0 Å². The fraction of sp³-hybridized carbons (Fsp3) is 0.542. The monoisotopic (exact) mass is 453 g/mol. The number of fused-ring (bicyclic) bond motifs is 1. The second-order valence-electron chi connectivity index (χ2n) is 9.76. The SMILES string of the molecule is Cc1c(N2C(=O)CC(C)(C)C2=O)c(N2CCN(CC3COc4ccccc4O3)CC2)nn1C. The second-order valence-corrected chi connectivity index (χ2v) is 9.76. The van der Waals surface area contributed by atoms with Gasteiger partial charge in [-0.3, -0.25) is 19.2 Å². The van der Waals surface area contributed by atoms with Gasteiger partial charge in [0.1, 0.15) is 18.4 Å². The molecule has 5 rings (SSSR count). The molecule has 0 radical (unpaired) electrons. The average molecular weight is 454 g/mol. The molecule has 0 N–H and O–H groups in total. The summed E-state index contributed by atoms with van der Waals surface area (Å²) in [5, 5.41) is 4.69. The number of aryl methyl sites for hydroxylation is 1. The molecule has 2 fully saturated rings. The molecule has 1 aromatic heterocycles. The Balaban J connectivity index is 1.27. The number of rotatable bonds is 4. The van der Waals surface area contributed by atoms with Gasteiger partial charge in [-0.2, -0.15) is 5.10 Å². The zero-order chi connectivity index (χ0) is 23.3. The molecule has 9 nitrogen and oxygen atoms in total. The van der Waals surface area contributed by atoms with Crippen LogP contribution in [0.1, 0.15) is 26.0 Å². The largest absolute Gasteiger partial charge is 0.486 e. The zero-order valence-electron chi connectivity index (χ0n) is 19.7. The summed E-state index contributed by atoms with van der Waals surface area (Å²) in [6, 6.07) is 7.76. The number of hydrogen-bond acceptors (Lipinski definition) is 7. The molecule has 1 atom stereocenters. The third-order valence-electron chi connectivity index (χ3n) is 6.83. The van der Waals surface area contributed by atoms with E-state index in [1.807, 2.05) is 52.1 Å². The normalized spacial score (nSPS) is 22.8. The van der Waals surface area contributed by atoms with Crippen molar-refractivity contribution in [1.82, 2.24) is 14.7 Å². The Morgan fingerprint density at radius 3 is 2.45 bits per heavy atom. The fourth-order valence-electron chi connectivity index (χ4n) is 4.81. The Morgan fingerprint density at radius 1 is 1.09 bits per heavy atom. The molecule has 4 heterocycles. The molecule has 33 heavy (non-hydrogen) atoms. The number of benzene rings is 1. The van der Waals surface area contributed by atoms with Crippen LogP contribution in [0, 0.1) is 12.3 Å². The van der Waals surface area contributed by atoms with Gasteiger partial charge >= 0.3 is 0 Å². The summed E-state index contributed by atoms with van der Waals surface area (Å²) in [4.78, 5) is 31.7. The van der Waals surface area contributed by atoms with Crippen molar-refractivity contribution in [2.75, 3.05) is 49.1 Å². The number of anilines is 2. The van der Waals surface area contributed by atoms with E-state index in [1.165, 1.54) is 4.90 Å². The van der Waals surface area contributed by atoms with Crippen LogP contribution < -0.4 is 19.3 Å². The molecular formula is C24H31N5O4. The first kappa shape index (κ1) is 21.8. The minimum absolute atomic E-state index is 0.0128. The lowest BCUT2D eigenvalue weighted by Crippen LogP contribution is -2.51. The van der Waals surface area contributed by atoms with Gasteiger partial charge in [0.15, 0.2) is 17.3 Å². The summed E-state index contributed by atoms with van der Waals surface area (Å²) >= 11 is 0. The average Bonchev–Trinajstić information content (AvgIpc) is 3.19. The van der Waals surface area contributed by atoms with Crippen molar-refractivity contribution in [3.8, 4) is 11.5 Å². The van der Waals surface area contributed by atoms with Crippen molar-refractivity contribution in [2.45, 2.75) is 33.3 Å².